The van der Waals surface area contributed by atoms with Crippen LogP contribution < -0.4 is 4.90 Å². The van der Waals surface area contributed by atoms with Gasteiger partial charge in [0, 0.05) is 30.0 Å². The molecule has 5 rings (SSSR count). The summed E-state index contributed by atoms with van der Waals surface area (Å²) < 4.78 is 4.98. The van der Waals surface area contributed by atoms with E-state index in [0.29, 0.717) is 45.4 Å². The molecule has 0 fully saturated rings. The van der Waals surface area contributed by atoms with E-state index in [1.54, 1.807) is 36.4 Å². The number of allylic oxidation sites excluding steroid dienone is 2. The number of benzene rings is 3. The molecular formula is C29H23Cl2NO4. The molecule has 0 saturated heterocycles. The number of ether oxygens (including phenoxy) is 1. The zero-order valence-corrected chi connectivity index (χ0v) is 21.1. The zero-order chi connectivity index (χ0) is 25.4. The van der Waals surface area contributed by atoms with Gasteiger partial charge in [0.15, 0.2) is 5.78 Å². The van der Waals surface area contributed by atoms with Gasteiger partial charge in [0.25, 0.3) is 0 Å². The second kappa shape index (κ2) is 9.92. The van der Waals surface area contributed by atoms with Gasteiger partial charge in [-0.3, -0.25) is 14.5 Å². The van der Waals surface area contributed by atoms with Crippen molar-refractivity contribution < 1.29 is 19.1 Å². The molecule has 2 unspecified atom stereocenters. The number of esters is 1. The Labute approximate surface area is 219 Å². The van der Waals surface area contributed by atoms with Crippen molar-refractivity contribution in [2.24, 2.45) is 0 Å². The summed E-state index contributed by atoms with van der Waals surface area (Å²) in [6, 6.07) is 21.9. The summed E-state index contributed by atoms with van der Waals surface area (Å²) in [5.41, 5.74) is 3.47. The van der Waals surface area contributed by atoms with Crippen molar-refractivity contribution in [2.75, 3.05) is 12.0 Å². The van der Waals surface area contributed by atoms with E-state index < -0.39 is 11.9 Å². The number of methoxy groups -OCH3 is 1. The first-order valence-corrected chi connectivity index (χ1v) is 12.4. The largest absolute Gasteiger partial charge is 0.465 e. The van der Waals surface area contributed by atoms with E-state index in [4.69, 9.17) is 27.9 Å². The molecule has 1 amide bonds. The van der Waals surface area contributed by atoms with E-state index in [-0.39, 0.29) is 29.6 Å². The van der Waals surface area contributed by atoms with Crippen LogP contribution in [0.5, 0.6) is 0 Å². The van der Waals surface area contributed by atoms with Crippen LogP contribution in [0.4, 0.5) is 5.69 Å². The number of para-hydroxylation sites is 1. The first-order chi connectivity index (χ1) is 17.4. The van der Waals surface area contributed by atoms with Gasteiger partial charge >= 0.3 is 5.97 Å². The lowest BCUT2D eigenvalue weighted by atomic mass is 9.72. The fourth-order valence-electron chi connectivity index (χ4n) is 5.28. The van der Waals surface area contributed by atoms with Gasteiger partial charge in [0.2, 0.25) is 5.91 Å². The number of halogens is 2. The summed E-state index contributed by atoms with van der Waals surface area (Å²) in [6.45, 7) is 0. The third kappa shape index (κ3) is 4.23. The molecule has 3 aromatic rings. The van der Waals surface area contributed by atoms with Gasteiger partial charge in [0.05, 0.1) is 28.4 Å². The Bertz CT molecular complexity index is 1400. The van der Waals surface area contributed by atoms with Crippen molar-refractivity contribution in [2.45, 2.75) is 31.1 Å². The lowest BCUT2D eigenvalue weighted by Gasteiger charge is -2.41. The lowest BCUT2D eigenvalue weighted by Crippen LogP contribution is -2.42. The highest BCUT2D eigenvalue weighted by Crippen LogP contribution is 2.49. The monoisotopic (exact) mass is 519 g/mol. The summed E-state index contributed by atoms with van der Waals surface area (Å²) in [7, 11) is 1.30. The maximum absolute atomic E-state index is 13.8. The van der Waals surface area contributed by atoms with E-state index in [9.17, 15) is 14.4 Å². The van der Waals surface area contributed by atoms with Gasteiger partial charge in [0.1, 0.15) is 0 Å². The molecule has 7 heteroatoms. The van der Waals surface area contributed by atoms with Gasteiger partial charge in [-0.25, -0.2) is 4.79 Å². The van der Waals surface area contributed by atoms with Crippen LogP contribution in [0, 0.1) is 0 Å². The normalized spacial score (nSPS) is 19.8. The van der Waals surface area contributed by atoms with Gasteiger partial charge in [-0.1, -0.05) is 77.8 Å². The average molecular weight is 520 g/mol. The molecule has 0 N–H and O–H groups in total. The molecule has 2 aliphatic rings. The minimum absolute atomic E-state index is 0.0240. The molecule has 0 saturated carbocycles. The Morgan fingerprint density at radius 3 is 2.36 bits per heavy atom. The molecule has 36 heavy (non-hydrogen) atoms. The van der Waals surface area contributed by atoms with Gasteiger partial charge < -0.3 is 4.74 Å². The van der Waals surface area contributed by atoms with Gasteiger partial charge in [-0.15, -0.1) is 0 Å². The molecule has 0 aromatic heterocycles. The van der Waals surface area contributed by atoms with Crippen LogP contribution in [0.1, 0.15) is 52.6 Å². The molecule has 0 spiro atoms. The average Bonchev–Trinajstić information content (AvgIpc) is 2.89. The molecular weight excluding hydrogens is 497 g/mol. The highest BCUT2D eigenvalue weighted by Gasteiger charge is 2.43. The van der Waals surface area contributed by atoms with Crippen molar-refractivity contribution in [3.63, 3.8) is 0 Å². The Morgan fingerprint density at radius 1 is 0.889 bits per heavy atom. The minimum atomic E-state index is -0.553. The summed E-state index contributed by atoms with van der Waals surface area (Å²) >= 11 is 12.9. The predicted octanol–water partition coefficient (Wildman–Crippen LogP) is 6.70. The van der Waals surface area contributed by atoms with E-state index in [1.807, 2.05) is 36.4 Å². The summed E-state index contributed by atoms with van der Waals surface area (Å²) in [4.78, 5) is 41.7. The number of rotatable bonds is 4. The Balaban J connectivity index is 1.72. The molecule has 5 nitrogen and oxygen atoms in total. The Morgan fingerprint density at radius 2 is 1.61 bits per heavy atom. The number of carbonyl (C=O) groups excluding carboxylic acids is 3. The third-order valence-corrected chi connectivity index (χ3v) is 7.74. The lowest BCUT2D eigenvalue weighted by molar-refractivity contribution is -0.120. The number of amides is 1. The number of carbonyl (C=O) groups is 3. The van der Waals surface area contributed by atoms with Crippen LogP contribution >= 0.6 is 23.2 Å². The molecule has 1 aliphatic heterocycles. The molecule has 0 radical (unpaired) electrons. The molecule has 2 atom stereocenters. The van der Waals surface area contributed by atoms with Gasteiger partial charge in [-0.05, 0) is 41.7 Å². The molecule has 3 aromatic carbocycles. The summed E-state index contributed by atoms with van der Waals surface area (Å²) in [5, 5.41) is 0.706. The van der Waals surface area contributed by atoms with Crippen LogP contribution in [-0.4, -0.2) is 24.8 Å². The zero-order valence-electron chi connectivity index (χ0n) is 19.5. The number of nitrogens with zero attached hydrogens (tertiary/aromatic N) is 1. The SMILES string of the molecule is COC(=O)c1ccccc1N1C(=O)CC(c2cccc(Cl)c2Cl)C2=C1CC(c1ccccc1)CC2=O. The van der Waals surface area contributed by atoms with E-state index >= 15 is 0 Å². The van der Waals surface area contributed by atoms with Gasteiger partial charge in [-0.2, -0.15) is 0 Å². The maximum Gasteiger partial charge on any atom is 0.339 e. The fourth-order valence-corrected chi connectivity index (χ4v) is 5.72. The fraction of sp³-hybridized carbons (Fsp3) is 0.207. The second-order valence-electron chi connectivity index (χ2n) is 8.94. The smallest absolute Gasteiger partial charge is 0.339 e. The van der Waals surface area contributed by atoms with Crippen molar-refractivity contribution in [1.82, 2.24) is 0 Å². The van der Waals surface area contributed by atoms with Crippen molar-refractivity contribution >= 4 is 46.5 Å². The van der Waals surface area contributed by atoms with E-state index in [1.165, 1.54) is 12.0 Å². The van der Waals surface area contributed by atoms with Crippen LogP contribution in [0.15, 0.2) is 84.1 Å². The quantitative estimate of drug-likeness (QED) is 0.359. The first kappa shape index (κ1) is 24.3. The van der Waals surface area contributed by atoms with Crippen molar-refractivity contribution in [3.05, 3.63) is 111 Å². The number of anilines is 1. The summed E-state index contributed by atoms with van der Waals surface area (Å²) in [5.74, 6) is -1.45. The molecule has 0 bridgehead atoms. The maximum atomic E-state index is 13.8. The first-order valence-electron chi connectivity index (χ1n) is 11.7. The van der Waals surface area contributed by atoms with E-state index in [2.05, 4.69) is 0 Å². The molecule has 182 valence electrons. The Hall–Kier alpha value is -3.41. The highest BCUT2D eigenvalue weighted by molar-refractivity contribution is 6.42. The highest BCUT2D eigenvalue weighted by atomic mass is 35.5. The van der Waals surface area contributed by atoms with Crippen LogP contribution in [-0.2, 0) is 14.3 Å². The summed E-state index contributed by atoms with van der Waals surface area (Å²) in [6.07, 6.45) is 0.801. The molecule has 1 heterocycles. The second-order valence-corrected chi connectivity index (χ2v) is 9.72. The van der Waals surface area contributed by atoms with Crippen molar-refractivity contribution in [3.8, 4) is 0 Å². The van der Waals surface area contributed by atoms with Crippen LogP contribution in [0.2, 0.25) is 10.0 Å². The Kier molecular flexibility index (Phi) is 6.69. The number of hydrogen-bond donors (Lipinski definition) is 0. The van der Waals surface area contributed by atoms with Crippen LogP contribution in [0.25, 0.3) is 0 Å². The number of Topliss-reactive ketones (excluding diaryl/α,β-unsaturated/α-hetero) is 1. The topological polar surface area (TPSA) is 63.7 Å². The number of hydrogen-bond acceptors (Lipinski definition) is 4. The van der Waals surface area contributed by atoms with Crippen molar-refractivity contribution in [1.29, 1.82) is 0 Å². The standard InChI is InChI=1S/C29H23Cl2NO4/c1-36-29(35)20-10-5-6-13-23(20)32-24-14-18(17-8-3-2-4-9-17)15-25(33)27(24)21(16-26(32)34)19-11-7-12-22(30)28(19)31/h2-13,18,21H,14-16H2,1H3. The van der Waals surface area contributed by atoms with Crippen LogP contribution in [0.3, 0.4) is 0 Å². The molecule has 1 aliphatic carbocycles. The number of ketones is 1. The third-order valence-electron chi connectivity index (χ3n) is 6.91. The van der Waals surface area contributed by atoms with E-state index in [0.717, 1.165) is 5.56 Å². The predicted molar refractivity (Wildman–Crippen MR) is 140 cm³/mol. The minimum Gasteiger partial charge on any atom is -0.465 e.